The monoisotopic (exact) mass is 229 g/mol. The minimum atomic E-state index is 0.246. The number of rotatable bonds is 4. The lowest BCUT2D eigenvalue weighted by molar-refractivity contribution is 0.0965. The van der Waals surface area contributed by atoms with Crippen molar-refractivity contribution in [3.05, 3.63) is 35.5 Å². The number of aryl methyl sites for hydroxylation is 1. The molecule has 1 N–H and O–H groups in total. The number of carbonyl (C=O) groups is 1. The molecule has 2 rings (SSSR count). The van der Waals surface area contributed by atoms with Crippen molar-refractivity contribution in [1.82, 2.24) is 4.98 Å². The standard InChI is InChI=1S/C15H19NO/c1-4-10(2)8-15(17)13-9-16-14-6-5-11(3)7-12(13)14/h5-7,9-10,16H,4,8H2,1-3H3. The van der Waals surface area contributed by atoms with E-state index in [0.29, 0.717) is 12.3 Å². The van der Waals surface area contributed by atoms with Gasteiger partial charge < -0.3 is 4.98 Å². The van der Waals surface area contributed by atoms with Crippen molar-refractivity contribution in [2.24, 2.45) is 5.92 Å². The Labute approximate surface area is 102 Å². The predicted molar refractivity (Wildman–Crippen MR) is 71.4 cm³/mol. The SMILES string of the molecule is CCC(C)CC(=O)c1c[nH]c2ccc(C)cc12. The van der Waals surface area contributed by atoms with Crippen LogP contribution in [0, 0.1) is 12.8 Å². The zero-order chi connectivity index (χ0) is 12.4. The largest absolute Gasteiger partial charge is 0.360 e. The molecule has 0 aliphatic rings. The average molecular weight is 229 g/mol. The highest BCUT2D eigenvalue weighted by Gasteiger charge is 2.14. The van der Waals surface area contributed by atoms with Crippen LogP contribution in [-0.2, 0) is 0 Å². The van der Waals surface area contributed by atoms with Crippen molar-refractivity contribution in [1.29, 1.82) is 0 Å². The van der Waals surface area contributed by atoms with Gasteiger partial charge in [-0.3, -0.25) is 4.79 Å². The molecular formula is C15H19NO. The number of ketones is 1. The Balaban J connectivity index is 2.35. The molecule has 2 aromatic rings. The molecule has 1 atom stereocenters. The Morgan fingerprint density at radius 1 is 1.41 bits per heavy atom. The van der Waals surface area contributed by atoms with Crippen LogP contribution in [0.25, 0.3) is 10.9 Å². The highest BCUT2D eigenvalue weighted by atomic mass is 16.1. The van der Waals surface area contributed by atoms with E-state index in [-0.39, 0.29) is 5.78 Å². The number of aromatic amines is 1. The molecule has 1 aromatic carbocycles. The lowest BCUT2D eigenvalue weighted by atomic mass is 9.97. The number of hydrogen-bond acceptors (Lipinski definition) is 1. The van der Waals surface area contributed by atoms with Crippen LogP contribution < -0.4 is 0 Å². The quantitative estimate of drug-likeness (QED) is 0.787. The average Bonchev–Trinajstić information content (AvgIpc) is 2.71. The Morgan fingerprint density at radius 3 is 2.88 bits per heavy atom. The number of hydrogen-bond donors (Lipinski definition) is 1. The summed E-state index contributed by atoms with van der Waals surface area (Å²) in [6.45, 7) is 6.30. The van der Waals surface area contributed by atoms with Crippen molar-refractivity contribution < 1.29 is 4.79 Å². The molecule has 0 amide bonds. The molecule has 1 aromatic heterocycles. The smallest absolute Gasteiger partial charge is 0.165 e. The first kappa shape index (κ1) is 11.9. The van der Waals surface area contributed by atoms with Crippen LogP contribution in [0.2, 0.25) is 0 Å². The molecule has 0 aliphatic carbocycles. The van der Waals surface area contributed by atoms with Gasteiger partial charge in [0.05, 0.1) is 0 Å². The van der Waals surface area contributed by atoms with Crippen molar-refractivity contribution in [3.63, 3.8) is 0 Å². The van der Waals surface area contributed by atoms with Gasteiger partial charge in [0.15, 0.2) is 5.78 Å². The molecule has 0 saturated heterocycles. The van der Waals surface area contributed by atoms with E-state index >= 15 is 0 Å². The molecule has 0 radical (unpaired) electrons. The van der Waals surface area contributed by atoms with Gasteiger partial charge in [0.25, 0.3) is 0 Å². The highest BCUT2D eigenvalue weighted by Crippen LogP contribution is 2.22. The van der Waals surface area contributed by atoms with E-state index in [4.69, 9.17) is 0 Å². The summed E-state index contributed by atoms with van der Waals surface area (Å²) in [4.78, 5) is 15.3. The van der Waals surface area contributed by atoms with Crippen molar-refractivity contribution >= 4 is 16.7 Å². The second kappa shape index (κ2) is 4.74. The fourth-order valence-electron chi connectivity index (χ4n) is 2.04. The normalized spacial score (nSPS) is 12.9. The summed E-state index contributed by atoms with van der Waals surface area (Å²) in [5.41, 5.74) is 3.07. The van der Waals surface area contributed by atoms with E-state index in [9.17, 15) is 4.79 Å². The second-order valence-corrected chi connectivity index (χ2v) is 4.89. The number of benzene rings is 1. The first-order valence-electron chi connectivity index (χ1n) is 6.22. The van der Waals surface area contributed by atoms with Gasteiger partial charge >= 0.3 is 0 Å². The molecule has 90 valence electrons. The Kier molecular flexibility index (Phi) is 3.32. The molecule has 2 nitrogen and oxygen atoms in total. The van der Waals surface area contributed by atoms with Gasteiger partial charge in [0.2, 0.25) is 0 Å². The van der Waals surface area contributed by atoms with Crippen molar-refractivity contribution in [2.45, 2.75) is 33.6 Å². The number of aromatic nitrogens is 1. The van der Waals surface area contributed by atoms with Crippen LogP contribution in [0.4, 0.5) is 0 Å². The summed E-state index contributed by atoms with van der Waals surface area (Å²) in [6, 6.07) is 6.17. The van der Waals surface area contributed by atoms with Crippen molar-refractivity contribution in [2.75, 3.05) is 0 Å². The Morgan fingerprint density at radius 2 is 2.18 bits per heavy atom. The van der Waals surface area contributed by atoms with Gasteiger partial charge in [-0.1, -0.05) is 31.9 Å². The van der Waals surface area contributed by atoms with Gasteiger partial charge in [-0.15, -0.1) is 0 Å². The molecule has 0 bridgehead atoms. The van der Waals surface area contributed by atoms with Gasteiger partial charge in [-0.25, -0.2) is 0 Å². The van der Waals surface area contributed by atoms with Gasteiger partial charge in [-0.05, 0) is 25.0 Å². The Hall–Kier alpha value is -1.57. The summed E-state index contributed by atoms with van der Waals surface area (Å²) in [6.07, 6.45) is 3.53. The number of H-pyrrole nitrogens is 1. The minimum absolute atomic E-state index is 0.246. The number of Topliss-reactive ketones (excluding diaryl/α,β-unsaturated/α-hetero) is 1. The molecule has 1 heterocycles. The van der Waals surface area contributed by atoms with Crippen LogP contribution in [0.15, 0.2) is 24.4 Å². The molecule has 2 heteroatoms. The van der Waals surface area contributed by atoms with E-state index in [2.05, 4.69) is 37.9 Å². The van der Waals surface area contributed by atoms with Gasteiger partial charge in [0, 0.05) is 29.1 Å². The van der Waals surface area contributed by atoms with Crippen LogP contribution in [-0.4, -0.2) is 10.8 Å². The summed E-state index contributed by atoms with van der Waals surface area (Å²) >= 11 is 0. The number of fused-ring (bicyclic) bond motifs is 1. The third-order valence-electron chi connectivity index (χ3n) is 3.37. The molecule has 0 aliphatic heterocycles. The third kappa shape index (κ3) is 2.41. The number of nitrogens with one attached hydrogen (secondary N) is 1. The minimum Gasteiger partial charge on any atom is -0.360 e. The van der Waals surface area contributed by atoms with Crippen LogP contribution in [0.5, 0.6) is 0 Å². The van der Waals surface area contributed by atoms with Crippen LogP contribution in [0.3, 0.4) is 0 Å². The van der Waals surface area contributed by atoms with E-state index < -0.39 is 0 Å². The van der Waals surface area contributed by atoms with E-state index in [1.54, 1.807) is 0 Å². The maximum atomic E-state index is 12.2. The zero-order valence-corrected chi connectivity index (χ0v) is 10.7. The molecule has 0 fully saturated rings. The fourth-order valence-corrected chi connectivity index (χ4v) is 2.04. The lowest BCUT2D eigenvalue weighted by Gasteiger charge is -2.06. The first-order valence-corrected chi connectivity index (χ1v) is 6.22. The van der Waals surface area contributed by atoms with Crippen LogP contribution >= 0.6 is 0 Å². The van der Waals surface area contributed by atoms with Gasteiger partial charge in [0.1, 0.15) is 0 Å². The predicted octanol–water partition coefficient (Wildman–Crippen LogP) is 4.10. The summed E-state index contributed by atoms with van der Waals surface area (Å²) < 4.78 is 0. The third-order valence-corrected chi connectivity index (χ3v) is 3.37. The molecule has 1 unspecified atom stereocenters. The topological polar surface area (TPSA) is 32.9 Å². The maximum Gasteiger partial charge on any atom is 0.165 e. The van der Waals surface area contributed by atoms with Crippen molar-refractivity contribution in [3.8, 4) is 0 Å². The summed E-state index contributed by atoms with van der Waals surface area (Å²) in [5.74, 6) is 0.702. The van der Waals surface area contributed by atoms with Gasteiger partial charge in [-0.2, -0.15) is 0 Å². The molecule has 0 saturated carbocycles. The zero-order valence-electron chi connectivity index (χ0n) is 10.7. The maximum absolute atomic E-state index is 12.2. The van der Waals surface area contributed by atoms with Crippen LogP contribution in [0.1, 0.15) is 42.6 Å². The molecular weight excluding hydrogens is 210 g/mol. The second-order valence-electron chi connectivity index (χ2n) is 4.89. The van der Waals surface area contributed by atoms with E-state index in [1.165, 1.54) is 5.56 Å². The lowest BCUT2D eigenvalue weighted by Crippen LogP contribution is -2.04. The summed E-state index contributed by atoms with van der Waals surface area (Å²) in [7, 11) is 0. The molecule has 17 heavy (non-hydrogen) atoms. The summed E-state index contributed by atoms with van der Waals surface area (Å²) in [5, 5.41) is 1.05. The number of carbonyl (C=O) groups excluding carboxylic acids is 1. The highest BCUT2D eigenvalue weighted by molar-refractivity contribution is 6.08. The first-order chi connectivity index (χ1) is 8.11. The fraction of sp³-hybridized carbons (Fsp3) is 0.400. The van der Waals surface area contributed by atoms with E-state index in [0.717, 1.165) is 22.9 Å². The van der Waals surface area contributed by atoms with E-state index in [1.807, 2.05) is 12.3 Å². The Bertz CT molecular complexity index is 539. The molecule has 0 spiro atoms.